The maximum Gasteiger partial charge on any atom is 0.248 e. The van der Waals surface area contributed by atoms with Crippen LogP contribution in [-0.4, -0.2) is 27.6 Å². The van der Waals surface area contributed by atoms with E-state index in [2.05, 4.69) is 15.3 Å². The normalized spacial score (nSPS) is 10.7. The van der Waals surface area contributed by atoms with Crippen LogP contribution in [0.5, 0.6) is 5.75 Å². The number of methoxy groups -OCH3 is 1. The van der Waals surface area contributed by atoms with Crippen molar-refractivity contribution in [1.82, 2.24) is 14.5 Å². The Bertz CT molecular complexity index is 1120. The van der Waals surface area contributed by atoms with Gasteiger partial charge < -0.3 is 20.4 Å². The SMILES string of the molecule is COc1ccc(C(N)=O)cc1Nc1nc2c(ccc3c2ncn3C)s1.Cl. The summed E-state index contributed by atoms with van der Waals surface area (Å²) in [4.78, 5) is 20.5. The molecule has 134 valence electrons. The van der Waals surface area contributed by atoms with E-state index in [9.17, 15) is 4.79 Å². The molecule has 1 amide bonds. The number of ether oxygens (including phenoxy) is 1. The van der Waals surface area contributed by atoms with Gasteiger partial charge in [0, 0.05) is 12.6 Å². The molecule has 9 heteroatoms. The van der Waals surface area contributed by atoms with Crippen molar-refractivity contribution in [3.8, 4) is 5.75 Å². The second-order valence-corrected chi connectivity index (χ2v) is 6.59. The molecule has 2 aromatic carbocycles. The highest BCUT2D eigenvalue weighted by molar-refractivity contribution is 7.22. The number of anilines is 2. The summed E-state index contributed by atoms with van der Waals surface area (Å²) in [5, 5.41) is 3.91. The van der Waals surface area contributed by atoms with E-state index in [1.165, 1.54) is 11.3 Å². The molecular formula is C17H16ClN5O2S. The van der Waals surface area contributed by atoms with Gasteiger partial charge >= 0.3 is 0 Å². The van der Waals surface area contributed by atoms with Gasteiger partial charge in [-0.3, -0.25) is 4.79 Å². The standard InChI is InChI=1S/C17H15N5O2S.ClH/c1-22-8-19-14-11(22)4-6-13-15(14)21-17(25-13)20-10-7-9(16(18)23)3-5-12(10)24-2;/h3-8H,1-2H3,(H2,18,23)(H,20,21);1H. The van der Waals surface area contributed by atoms with Gasteiger partial charge in [-0.15, -0.1) is 12.4 Å². The summed E-state index contributed by atoms with van der Waals surface area (Å²) >= 11 is 1.51. The molecule has 3 N–H and O–H groups in total. The molecule has 0 atom stereocenters. The summed E-state index contributed by atoms with van der Waals surface area (Å²) in [5.41, 5.74) is 9.13. The van der Waals surface area contributed by atoms with Gasteiger partial charge in [0.25, 0.3) is 0 Å². The Kier molecular flexibility index (Phi) is 4.71. The molecular weight excluding hydrogens is 374 g/mol. The minimum atomic E-state index is -0.495. The Hall–Kier alpha value is -2.84. The number of aryl methyl sites for hydroxylation is 1. The number of thiazole rings is 1. The largest absolute Gasteiger partial charge is 0.495 e. The number of carbonyl (C=O) groups is 1. The fraction of sp³-hybridized carbons (Fsp3) is 0.118. The number of halogens is 1. The predicted octanol–water partition coefficient (Wildman–Crippen LogP) is 3.46. The van der Waals surface area contributed by atoms with Crippen molar-refractivity contribution >= 4 is 61.7 Å². The van der Waals surface area contributed by atoms with Crippen molar-refractivity contribution in [3.05, 3.63) is 42.2 Å². The predicted molar refractivity (Wildman–Crippen MR) is 106 cm³/mol. The first-order chi connectivity index (χ1) is 12.1. The molecule has 0 saturated heterocycles. The van der Waals surface area contributed by atoms with Crippen molar-refractivity contribution in [2.45, 2.75) is 0 Å². The Labute approximate surface area is 159 Å². The third-order valence-electron chi connectivity index (χ3n) is 3.98. The number of hydrogen-bond acceptors (Lipinski definition) is 6. The lowest BCUT2D eigenvalue weighted by molar-refractivity contribution is 0.100. The van der Waals surface area contributed by atoms with Crippen molar-refractivity contribution in [1.29, 1.82) is 0 Å². The summed E-state index contributed by atoms with van der Waals surface area (Å²) in [5.74, 6) is 0.109. The maximum absolute atomic E-state index is 11.4. The monoisotopic (exact) mass is 389 g/mol. The average Bonchev–Trinajstić information content (AvgIpc) is 3.17. The molecule has 0 unspecified atom stereocenters. The van der Waals surface area contributed by atoms with Crippen molar-refractivity contribution < 1.29 is 9.53 Å². The van der Waals surface area contributed by atoms with Crippen LogP contribution in [0.4, 0.5) is 10.8 Å². The van der Waals surface area contributed by atoms with Crippen molar-refractivity contribution in [2.24, 2.45) is 12.8 Å². The van der Waals surface area contributed by atoms with Crippen LogP contribution in [0.15, 0.2) is 36.7 Å². The smallest absolute Gasteiger partial charge is 0.248 e. The highest BCUT2D eigenvalue weighted by atomic mass is 35.5. The molecule has 4 rings (SSSR count). The number of imidazole rings is 1. The van der Waals surface area contributed by atoms with Crippen LogP contribution in [0, 0.1) is 0 Å². The molecule has 0 spiro atoms. The number of primary amides is 1. The van der Waals surface area contributed by atoms with E-state index in [1.807, 2.05) is 23.7 Å². The van der Waals surface area contributed by atoms with Crippen LogP contribution >= 0.6 is 23.7 Å². The summed E-state index contributed by atoms with van der Waals surface area (Å²) in [7, 11) is 3.52. The number of amides is 1. The quantitative estimate of drug-likeness (QED) is 0.557. The molecule has 2 heterocycles. The third kappa shape index (κ3) is 2.93. The van der Waals surface area contributed by atoms with Gasteiger partial charge in [0.1, 0.15) is 16.8 Å². The second kappa shape index (κ2) is 6.81. The number of fused-ring (bicyclic) bond motifs is 3. The molecule has 2 aromatic heterocycles. The number of nitrogens with zero attached hydrogens (tertiary/aromatic N) is 3. The van der Waals surface area contributed by atoms with Gasteiger partial charge in [-0.1, -0.05) is 11.3 Å². The number of hydrogen-bond donors (Lipinski definition) is 2. The summed E-state index contributed by atoms with van der Waals surface area (Å²) in [6, 6.07) is 9.04. The Morgan fingerprint density at radius 1 is 1.27 bits per heavy atom. The Morgan fingerprint density at radius 2 is 2.08 bits per heavy atom. The van der Waals surface area contributed by atoms with Crippen molar-refractivity contribution in [3.63, 3.8) is 0 Å². The molecule has 0 saturated carbocycles. The molecule has 0 bridgehead atoms. The van der Waals surface area contributed by atoms with Crippen LogP contribution in [0.1, 0.15) is 10.4 Å². The van der Waals surface area contributed by atoms with Gasteiger partial charge in [-0.25, -0.2) is 9.97 Å². The van der Waals surface area contributed by atoms with Crippen LogP contribution in [0.3, 0.4) is 0 Å². The zero-order valence-corrected chi connectivity index (χ0v) is 15.6. The van der Waals surface area contributed by atoms with E-state index in [-0.39, 0.29) is 12.4 Å². The zero-order valence-electron chi connectivity index (χ0n) is 14.0. The molecule has 0 fully saturated rings. The van der Waals surface area contributed by atoms with E-state index in [0.717, 1.165) is 21.3 Å². The van der Waals surface area contributed by atoms with E-state index in [4.69, 9.17) is 10.5 Å². The second-order valence-electron chi connectivity index (χ2n) is 5.56. The highest BCUT2D eigenvalue weighted by Crippen LogP contribution is 2.35. The average molecular weight is 390 g/mol. The number of nitrogens with one attached hydrogen (secondary N) is 1. The fourth-order valence-corrected chi connectivity index (χ4v) is 3.60. The first-order valence-corrected chi connectivity index (χ1v) is 8.34. The molecule has 0 aliphatic rings. The summed E-state index contributed by atoms with van der Waals surface area (Å²) in [6.45, 7) is 0. The molecule has 0 radical (unpaired) electrons. The van der Waals surface area contributed by atoms with Gasteiger partial charge in [-0.05, 0) is 30.3 Å². The lowest BCUT2D eigenvalue weighted by Crippen LogP contribution is -2.11. The van der Waals surface area contributed by atoms with Crippen molar-refractivity contribution in [2.75, 3.05) is 12.4 Å². The molecule has 0 aliphatic heterocycles. The van der Waals surface area contributed by atoms with E-state index < -0.39 is 5.91 Å². The summed E-state index contributed by atoms with van der Waals surface area (Å²) < 4.78 is 8.33. The fourth-order valence-electron chi connectivity index (χ4n) is 2.72. The first-order valence-electron chi connectivity index (χ1n) is 7.52. The molecule has 26 heavy (non-hydrogen) atoms. The lowest BCUT2D eigenvalue weighted by Gasteiger charge is -2.10. The summed E-state index contributed by atoms with van der Waals surface area (Å²) in [6.07, 6.45) is 1.77. The Morgan fingerprint density at radius 3 is 2.81 bits per heavy atom. The number of benzene rings is 2. The van der Waals surface area contributed by atoms with Gasteiger partial charge in [0.2, 0.25) is 5.91 Å². The number of nitrogens with two attached hydrogens (primary N) is 1. The van der Waals surface area contributed by atoms with E-state index in [0.29, 0.717) is 22.1 Å². The number of carbonyl (C=O) groups excluding carboxylic acids is 1. The minimum absolute atomic E-state index is 0. The molecule has 0 aliphatic carbocycles. The van der Waals surface area contributed by atoms with Gasteiger partial charge in [0.05, 0.1) is 29.3 Å². The number of rotatable bonds is 4. The first kappa shape index (κ1) is 18.0. The highest BCUT2D eigenvalue weighted by Gasteiger charge is 2.13. The van der Waals surface area contributed by atoms with Crippen LogP contribution in [0.2, 0.25) is 0 Å². The zero-order chi connectivity index (χ0) is 17.6. The topological polar surface area (TPSA) is 95.1 Å². The lowest BCUT2D eigenvalue weighted by atomic mass is 10.2. The third-order valence-corrected chi connectivity index (χ3v) is 4.91. The van der Waals surface area contributed by atoms with Crippen LogP contribution in [0.25, 0.3) is 21.3 Å². The molecule has 4 aromatic rings. The molecule has 7 nitrogen and oxygen atoms in total. The van der Waals surface area contributed by atoms with Gasteiger partial charge in [0.15, 0.2) is 5.13 Å². The van der Waals surface area contributed by atoms with Crippen LogP contribution in [-0.2, 0) is 7.05 Å². The number of aromatic nitrogens is 3. The van der Waals surface area contributed by atoms with Gasteiger partial charge in [-0.2, -0.15) is 0 Å². The van der Waals surface area contributed by atoms with Crippen LogP contribution < -0.4 is 15.8 Å². The van der Waals surface area contributed by atoms with E-state index >= 15 is 0 Å². The van der Waals surface area contributed by atoms with E-state index in [1.54, 1.807) is 31.6 Å². The maximum atomic E-state index is 11.4. The Balaban J connectivity index is 0.00000196. The minimum Gasteiger partial charge on any atom is -0.495 e.